The Morgan fingerprint density at radius 3 is 2.46 bits per heavy atom. The number of rotatable bonds is 5. The van der Waals surface area contributed by atoms with Gasteiger partial charge >= 0.3 is 6.03 Å². The number of carbonyl (C=O) groups is 2. The third kappa shape index (κ3) is 3.75. The summed E-state index contributed by atoms with van der Waals surface area (Å²) in [4.78, 5) is 30.3. The van der Waals surface area contributed by atoms with E-state index in [2.05, 4.69) is 15.4 Å². The maximum absolute atomic E-state index is 12.7. The van der Waals surface area contributed by atoms with Crippen molar-refractivity contribution in [3.05, 3.63) is 76.8 Å². The molecule has 0 aliphatic carbocycles. The van der Waals surface area contributed by atoms with Crippen LogP contribution in [0.15, 0.2) is 55.0 Å². The van der Waals surface area contributed by atoms with Gasteiger partial charge in [0.2, 0.25) is 0 Å². The van der Waals surface area contributed by atoms with Crippen LogP contribution in [0.2, 0.25) is 5.15 Å². The molecule has 1 aliphatic heterocycles. The molecule has 1 fully saturated rings. The maximum atomic E-state index is 12.7. The topological polar surface area (TPSA) is 80.1 Å². The Balaban J connectivity index is 1.46. The summed E-state index contributed by atoms with van der Waals surface area (Å²) < 4.78 is 1.84. The summed E-state index contributed by atoms with van der Waals surface area (Å²) >= 11 is 5.79. The van der Waals surface area contributed by atoms with E-state index >= 15 is 0 Å². The van der Waals surface area contributed by atoms with Gasteiger partial charge in [0.1, 0.15) is 11.2 Å². The number of hydrogen-bond donors (Lipinski definition) is 1. The zero-order valence-corrected chi connectivity index (χ0v) is 15.9. The van der Waals surface area contributed by atoms with Crippen LogP contribution in [-0.2, 0) is 17.8 Å². The van der Waals surface area contributed by atoms with E-state index in [-0.39, 0.29) is 5.91 Å². The lowest BCUT2D eigenvalue weighted by molar-refractivity contribution is -0.118. The van der Waals surface area contributed by atoms with Crippen molar-refractivity contribution in [2.24, 2.45) is 0 Å². The summed E-state index contributed by atoms with van der Waals surface area (Å²) in [5.74, 6) is -0.282. The fourth-order valence-corrected chi connectivity index (χ4v) is 3.28. The van der Waals surface area contributed by atoms with Crippen molar-refractivity contribution in [1.82, 2.24) is 20.1 Å². The third-order valence-corrected chi connectivity index (χ3v) is 4.77. The first kappa shape index (κ1) is 18.2. The Kier molecular flexibility index (Phi) is 4.83. The minimum absolute atomic E-state index is 0.282. The first-order chi connectivity index (χ1) is 13.5. The fraction of sp³-hybridized carbons (Fsp3) is 0.200. The Morgan fingerprint density at radius 1 is 1.07 bits per heavy atom. The summed E-state index contributed by atoms with van der Waals surface area (Å²) in [5.41, 5.74) is 3.50. The fourth-order valence-electron chi connectivity index (χ4n) is 3.17. The number of halogens is 1. The van der Waals surface area contributed by atoms with Crippen LogP contribution in [0.25, 0.3) is 0 Å². The minimum Gasteiger partial charge on any atom is -0.325 e. The van der Waals surface area contributed by atoms with Crippen LogP contribution in [0.5, 0.6) is 0 Å². The molecule has 1 aliphatic rings. The van der Waals surface area contributed by atoms with Gasteiger partial charge in [-0.3, -0.25) is 9.48 Å². The molecule has 7 nitrogen and oxygen atoms in total. The summed E-state index contributed by atoms with van der Waals surface area (Å²) in [6.45, 7) is 2.61. The van der Waals surface area contributed by atoms with Crippen LogP contribution < -0.4 is 10.2 Å². The molecule has 1 N–H and O–H groups in total. The van der Waals surface area contributed by atoms with Gasteiger partial charge in [0.05, 0.1) is 18.4 Å². The molecule has 3 aromatic rings. The highest BCUT2D eigenvalue weighted by Crippen LogP contribution is 2.22. The van der Waals surface area contributed by atoms with Crippen LogP contribution in [0, 0.1) is 6.92 Å². The number of imide groups is 1. The third-order valence-electron chi connectivity index (χ3n) is 4.55. The van der Waals surface area contributed by atoms with Gasteiger partial charge < -0.3 is 5.32 Å². The molecular formula is C20H18ClN5O2. The van der Waals surface area contributed by atoms with Gasteiger partial charge in [-0.2, -0.15) is 5.10 Å². The van der Waals surface area contributed by atoms with Gasteiger partial charge in [-0.25, -0.2) is 14.7 Å². The Hall–Kier alpha value is -3.19. The molecule has 1 atom stereocenters. The highest BCUT2D eigenvalue weighted by atomic mass is 35.5. The molecule has 28 heavy (non-hydrogen) atoms. The Morgan fingerprint density at radius 2 is 1.82 bits per heavy atom. The standard InChI is InChI=1S/C20H18ClN5O2/c1-13-9-23-25(11-13)12-14-2-5-16(6-3-14)26-19(27)17(24-20(26)28)8-15-4-7-18(21)22-10-15/h2-7,9-11,17H,8,12H2,1H3,(H,24,28). The average Bonchev–Trinajstić information content (AvgIpc) is 3.20. The SMILES string of the molecule is Cc1cnn(Cc2ccc(N3C(=O)NC(Cc4ccc(Cl)nc4)C3=O)cc2)c1. The first-order valence-corrected chi connectivity index (χ1v) is 9.20. The van der Waals surface area contributed by atoms with Gasteiger partial charge in [0, 0.05) is 18.8 Å². The van der Waals surface area contributed by atoms with Crippen molar-refractivity contribution in [3.8, 4) is 0 Å². The van der Waals surface area contributed by atoms with E-state index in [0.29, 0.717) is 23.8 Å². The molecule has 2 aromatic heterocycles. The number of urea groups is 1. The highest BCUT2D eigenvalue weighted by molar-refractivity contribution is 6.29. The summed E-state index contributed by atoms with van der Waals surface area (Å²) in [7, 11) is 0. The molecule has 1 unspecified atom stereocenters. The number of carbonyl (C=O) groups excluding carboxylic acids is 2. The summed E-state index contributed by atoms with van der Waals surface area (Å²) in [5, 5.41) is 7.39. The van der Waals surface area contributed by atoms with Crippen molar-refractivity contribution in [2.75, 3.05) is 4.90 Å². The van der Waals surface area contributed by atoms with Crippen LogP contribution >= 0.6 is 11.6 Å². The van der Waals surface area contributed by atoms with E-state index < -0.39 is 12.1 Å². The number of pyridine rings is 1. The molecule has 3 heterocycles. The molecule has 4 rings (SSSR count). The van der Waals surface area contributed by atoms with E-state index in [4.69, 9.17) is 11.6 Å². The summed E-state index contributed by atoms with van der Waals surface area (Å²) in [6, 6.07) is 9.74. The van der Waals surface area contributed by atoms with E-state index in [9.17, 15) is 9.59 Å². The molecule has 1 aromatic carbocycles. The number of anilines is 1. The number of aryl methyl sites for hydroxylation is 1. The quantitative estimate of drug-likeness (QED) is 0.532. The predicted octanol–water partition coefficient (Wildman–Crippen LogP) is 2.96. The van der Waals surface area contributed by atoms with Crippen LogP contribution in [0.3, 0.4) is 0 Å². The van der Waals surface area contributed by atoms with Crippen molar-refractivity contribution in [1.29, 1.82) is 0 Å². The molecule has 0 spiro atoms. The molecule has 1 saturated heterocycles. The number of aromatic nitrogens is 3. The van der Waals surface area contributed by atoms with E-state index in [1.54, 1.807) is 36.7 Å². The largest absolute Gasteiger partial charge is 0.329 e. The van der Waals surface area contributed by atoms with Gasteiger partial charge in [-0.1, -0.05) is 29.8 Å². The molecule has 0 bridgehead atoms. The van der Waals surface area contributed by atoms with E-state index in [0.717, 1.165) is 16.7 Å². The van der Waals surface area contributed by atoms with Gasteiger partial charge in [0.25, 0.3) is 5.91 Å². The molecule has 0 radical (unpaired) electrons. The number of nitrogens with zero attached hydrogens (tertiary/aromatic N) is 4. The average molecular weight is 396 g/mol. The normalized spacial score (nSPS) is 16.5. The maximum Gasteiger partial charge on any atom is 0.329 e. The van der Waals surface area contributed by atoms with Gasteiger partial charge in [-0.15, -0.1) is 0 Å². The molecular weight excluding hydrogens is 378 g/mol. The molecule has 0 saturated carbocycles. The highest BCUT2D eigenvalue weighted by Gasteiger charge is 2.38. The smallest absolute Gasteiger partial charge is 0.325 e. The van der Waals surface area contributed by atoms with E-state index in [1.165, 1.54) is 4.90 Å². The second-order valence-corrected chi connectivity index (χ2v) is 7.14. The second-order valence-electron chi connectivity index (χ2n) is 6.75. The van der Waals surface area contributed by atoms with Crippen LogP contribution in [0.4, 0.5) is 10.5 Å². The van der Waals surface area contributed by atoms with E-state index in [1.807, 2.05) is 29.9 Å². The lowest BCUT2D eigenvalue weighted by atomic mass is 10.1. The molecule has 3 amide bonds. The number of hydrogen-bond acceptors (Lipinski definition) is 4. The van der Waals surface area contributed by atoms with Gasteiger partial charge in [0.15, 0.2) is 0 Å². The van der Waals surface area contributed by atoms with Crippen molar-refractivity contribution in [3.63, 3.8) is 0 Å². The number of nitrogens with one attached hydrogen (secondary N) is 1. The Bertz CT molecular complexity index is 1010. The van der Waals surface area contributed by atoms with Gasteiger partial charge in [-0.05, 0) is 41.8 Å². The predicted molar refractivity (Wildman–Crippen MR) is 105 cm³/mol. The summed E-state index contributed by atoms with van der Waals surface area (Å²) in [6.07, 6.45) is 5.73. The Labute approximate surface area is 166 Å². The minimum atomic E-state index is -0.623. The van der Waals surface area contributed by atoms with Crippen molar-refractivity contribution < 1.29 is 9.59 Å². The zero-order chi connectivity index (χ0) is 19.7. The number of benzene rings is 1. The monoisotopic (exact) mass is 395 g/mol. The zero-order valence-electron chi connectivity index (χ0n) is 15.2. The second kappa shape index (κ2) is 7.44. The van der Waals surface area contributed by atoms with Crippen molar-refractivity contribution in [2.45, 2.75) is 25.9 Å². The lowest BCUT2D eigenvalue weighted by Crippen LogP contribution is -2.32. The first-order valence-electron chi connectivity index (χ1n) is 8.82. The van der Waals surface area contributed by atoms with Crippen LogP contribution in [0.1, 0.15) is 16.7 Å². The molecule has 8 heteroatoms. The van der Waals surface area contributed by atoms with Crippen LogP contribution in [-0.4, -0.2) is 32.7 Å². The van der Waals surface area contributed by atoms with Crippen molar-refractivity contribution >= 4 is 29.2 Å². The number of amides is 3. The lowest BCUT2D eigenvalue weighted by Gasteiger charge is -2.14. The molecule has 142 valence electrons.